The molecule has 0 atom stereocenters. The predicted octanol–water partition coefficient (Wildman–Crippen LogP) is 3.25. The SMILES string of the molecule is O=C(COc1ccc(Br)cc1Br)Nc1ccc(S(=O)(=O)N2CCOCC2)cc1. The summed E-state index contributed by atoms with van der Waals surface area (Å²) in [5, 5.41) is 2.68. The highest BCUT2D eigenvalue weighted by Gasteiger charge is 2.26. The fourth-order valence-corrected chi connectivity index (χ4v) is 5.15. The summed E-state index contributed by atoms with van der Waals surface area (Å²) in [7, 11) is -3.55. The van der Waals surface area contributed by atoms with Crippen molar-refractivity contribution in [2.45, 2.75) is 4.90 Å². The average molecular weight is 534 g/mol. The Hall–Kier alpha value is -1.46. The van der Waals surface area contributed by atoms with Crippen LogP contribution in [0.15, 0.2) is 56.3 Å². The van der Waals surface area contributed by atoms with Gasteiger partial charge in [-0.05, 0) is 58.4 Å². The Morgan fingerprint density at radius 1 is 1.11 bits per heavy atom. The number of hydrogen-bond acceptors (Lipinski definition) is 5. The van der Waals surface area contributed by atoms with Gasteiger partial charge in [-0.1, -0.05) is 15.9 Å². The van der Waals surface area contributed by atoms with Gasteiger partial charge in [0.15, 0.2) is 6.61 Å². The lowest BCUT2D eigenvalue weighted by Gasteiger charge is -2.26. The summed E-state index contributed by atoms with van der Waals surface area (Å²) in [6, 6.07) is 11.4. The largest absolute Gasteiger partial charge is 0.483 e. The fraction of sp³-hybridized carbons (Fsp3) is 0.278. The summed E-state index contributed by atoms with van der Waals surface area (Å²) < 4.78 is 38.9. The van der Waals surface area contributed by atoms with E-state index in [4.69, 9.17) is 9.47 Å². The van der Waals surface area contributed by atoms with Gasteiger partial charge in [-0.3, -0.25) is 4.79 Å². The first-order valence-electron chi connectivity index (χ1n) is 8.42. The van der Waals surface area contributed by atoms with Crippen LogP contribution < -0.4 is 10.1 Å². The van der Waals surface area contributed by atoms with Crippen LogP contribution in [0.1, 0.15) is 0 Å². The van der Waals surface area contributed by atoms with Crippen LogP contribution in [0.3, 0.4) is 0 Å². The molecule has 0 bridgehead atoms. The van der Waals surface area contributed by atoms with Gasteiger partial charge in [0.05, 0.1) is 22.6 Å². The van der Waals surface area contributed by atoms with E-state index in [-0.39, 0.29) is 17.4 Å². The first-order chi connectivity index (χ1) is 13.4. The molecule has 2 aromatic rings. The van der Waals surface area contributed by atoms with E-state index in [9.17, 15) is 13.2 Å². The normalized spacial score (nSPS) is 15.2. The van der Waals surface area contributed by atoms with Crippen molar-refractivity contribution in [3.8, 4) is 5.75 Å². The van der Waals surface area contributed by atoms with Gasteiger partial charge in [0, 0.05) is 23.2 Å². The smallest absolute Gasteiger partial charge is 0.262 e. The molecule has 0 unspecified atom stereocenters. The molecule has 150 valence electrons. The van der Waals surface area contributed by atoms with E-state index in [2.05, 4.69) is 37.2 Å². The molecule has 0 aromatic heterocycles. The summed E-state index contributed by atoms with van der Waals surface area (Å²) in [6.45, 7) is 1.28. The topological polar surface area (TPSA) is 84.9 Å². The number of morpholine rings is 1. The highest BCUT2D eigenvalue weighted by molar-refractivity contribution is 9.11. The van der Waals surface area contributed by atoms with E-state index >= 15 is 0 Å². The van der Waals surface area contributed by atoms with E-state index in [1.807, 2.05) is 12.1 Å². The Labute approximate surface area is 180 Å². The van der Waals surface area contributed by atoms with Gasteiger partial charge in [-0.25, -0.2) is 8.42 Å². The van der Waals surface area contributed by atoms with Gasteiger partial charge in [0.25, 0.3) is 5.91 Å². The third-order valence-corrected chi connectivity index (χ3v) is 7.02. The molecule has 1 fully saturated rings. The molecule has 1 aliphatic heterocycles. The van der Waals surface area contributed by atoms with Crippen LogP contribution in [-0.2, 0) is 19.6 Å². The fourth-order valence-electron chi connectivity index (χ4n) is 2.58. The molecule has 0 spiro atoms. The van der Waals surface area contributed by atoms with Crippen molar-refractivity contribution in [1.29, 1.82) is 0 Å². The molecule has 1 N–H and O–H groups in total. The third kappa shape index (κ3) is 5.32. The van der Waals surface area contributed by atoms with Crippen molar-refractivity contribution >= 4 is 53.5 Å². The van der Waals surface area contributed by atoms with E-state index in [1.165, 1.54) is 16.4 Å². The standard InChI is InChI=1S/C18H18Br2N2O5S/c19-13-1-6-17(16(20)11-13)27-12-18(23)21-14-2-4-15(5-3-14)28(24,25)22-7-9-26-10-8-22/h1-6,11H,7-10,12H2,(H,21,23). The van der Waals surface area contributed by atoms with Gasteiger partial charge in [0.2, 0.25) is 10.0 Å². The summed E-state index contributed by atoms with van der Waals surface area (Å²) in [5.74, 6) is 0.198. The predicted molar refractivity (Wildman–Crippen MR) is 112 cm³/mol. The minimum absolute atomic E-state index is 0.173. The Kier molecular flexibility index (Phi) is 7.10. The minimum atomic E-state index is -3.55. The van der Waals surface area contributed by atoms with Crippen molar-refractivity contribution in [1.82, 2.24) is 4.31 Å². The number of hydrogen-bond donors (Lipinski definition) is 1. The lowest BCUT2D eigenvalue weighted by Crippen LogP contribution is -2.40. The van der Waals surface area contributed by atoms with Gasteiger partial charge in [0.1, 0.15) is 5.75 Å². The lowest BCUT2D eigenvalue weighted by molar-refractivity contribution is -0.118. The first-order valence-corrected chi connectivity index (χ1v) is 11.4. The number of benzene rings is 2. The van der Waals surface area contributed by atoms with Crippen LogP contribution >= 0.6 is 31.9 Å². The molecule has 1 saturated heterocycles. The maximum absolute atomic E-state index is 12.6. The zero-order valence-electron chi connectivity index (χ0n) is 14.7. The molecule has 28 heavy (non-hydrogen) atoms. The summed E-state index contributed by atoms with van der Waals surface area (Å²) in [6.07, 6.45) is 0. The van der Waals surface area contributed by atoms with Crippen LogP contribution in [-0.4, -0.2) is 51.5 Å². The minimum Gasteiger partial charge on any atom is -0.483 e. The number of amides is 1. The number of sulfonamides is 1. The number of carbonyl (C=O) groups is 1. The van der Waals surface area contributed by atoms with Gasteiger partial charge >= 0.3 is 0 Å². The van der Waals surface area contributed by atoms with E-state index in [0.717, 1.165) is 8.95 Å². The second-order valence-electron chi connectivity index (χ2n) is 5.95. The van der Waals surface area contributed by atoms with E-state index in [1.54, 1.807) is 18.2 Å². The maximum atomic E-state index is 12.6. The molecule has 10 heteroatoms. The molecule has 7 nitrogen and oxygen atoms in total. The zero-order valence-corrected chi connectivity index (χ0v) is 18.7. The number of carbonyl (C=O) groups excluding carboxylic acids is 1. The third-order valence-electron chi connectivity index (χ3n) is 4.00. The average Bonchev–Trinajstić information content (AvgIpc) is 2.68. The number of anilines is 1. The van der Waals surface area contributed by atoms with Crippen molar-refractivity contribution in [3.05, 3.63) is 51.4 Å². The maximum Gasteiger partial charge on any atom is 0.262 e. The Morgan fingerprint density at radius 2 is 1.79 bits per heavy atom. The number of halogens is 2. The molecule has 0 saturated carbocycles. The van der Waals surface area contributed by atoms with Crippen LogP contribution in [0, 0.1) is 0 Å². The molecular formula is C18H18Br2N2O5S. The Morgan fingerprint density at radius 3 is 2.43 bits per heavy atom. The zero-order chi connectivity index (χ0) is 20.1. The molecular weight excluding hydrogens is 516 g/mol. The molecule has 2 aromatic carbocycles. The van der Waals surface area contributed by atoms with E-state index < -0.39 is 10.0 Å². The Balaban J connectivity index is 1.58. The highest BCUT2D eigenvalue weighted by atomic mass is 79.9. The quantitative estimate of drug-likeness (QED) is 0.616. The summed E-state index contributed by atoms with van der Waals surface area (Å²) in [4.78, 5) is 12.3. The van der Waals surface area contributed by atoms with Crippen LogP contribution in [0.2, 0.25) is 0 Å². The van der Waals surface area contributed by atoms with Crippen LogP contribution in [0.5, 0.6) is 5.75 Å². The number of ether oxygens (including phenoxy) is 2. The number of rotatable bonds is 6. The van der Waals surface area contributed by atoms with Crippen molar-refractivity contribution in [2.24, 2.45) is 0 Å². The second-order valence-corrected chi connectivity index (χ2v) is 9.66. The molecule has 1 amide bonds. The van der Waals surface area contributed by atoms with Crippen molar-refractivity contribution < 1.29 is 22.7 Å². The van der Waals surface area contributed by atoms with Crippen molar-refractivity contribution in [3.63, 3.8) is 0 Å². The van der Waals surface area contributed by atoms with Crippen LogP contribution in [0.25, 0.3) is 0 Å². The van der Waals surface area contributed by atoms with Gasteiger partial charge in [-0.15, -0.1) is 0 Å². The molecule has 1 aliphatic rings. The molecule has 3 rings (SSSR count). The molecule has 1 heterocycles. The monoisotopic (exact) mass is 532 g/mol. The summed E-state index contributed by atoms with van der Waals surface area (Å²) in [5.41, 5.74) is 0.490. The van der Waals surface area contributed by atoms with Gasteiger partial charge in [-0.2, -0.15) is 4.31 Å². The number of nitrogens with zero attached hydrogens (tertiary/aromatic N) is 1. The van der Waals surface area contributed by atoms with E-state index in [0.29, 0.717) is 37.7 Å². The highest BCUT2D eigenvalue weighted by Crippen LogP contribution is 2.28. The Bertz CT molecular complexity index is 945. The van der Waals surface area contributed by atoms with Crippen molar-refractivity contribution in [2.75, 3.05) is 38.2 Å². The van der Waals surface area contributed by atoms with Gasteiger partial charge < -0.3 is 14.8 Å². The van der Waals surface area contributed by atoms with Crippen LogP contribution in [0.4, 0.5) is 5.69 Å². The molecule has 0 aliphatic carbocycles. The molecule has 0 radical (unpaired) electrons. The first kappa shape index (κ1) is 21.3. The summed E-state index contributed by atoms with van der Waals surface area (Å²) >= 11 is 6.72. The number of nitrogens with one attached hydrogen (secondary N) is 1. The second kappa shape index (κ2) is 9.36. The lowest BCUT2D eigenvalue weighted by atomic mass is 10.3.